The molecule has 0 aliphatic carbocycles. The van der Waals surface area contributed by atoms with Crippen LogP contribution in [0.5, 0.6) is 0 Å². The summed E-state index contributed by atoms with van der Waals surface area (Å²) in [5.41, 5.74) is 2.34. The Morgan fingerprint density at radius 1 is 1.79 bits per heavy atom. The van der Waals surface area contributed by atoms with Gasteiger partial charge in [0.25, 0.3) is 5.91 Å². The number of amides is 1. The topological polar surface area (TPSA) is 102 Å². The van der Waals surface area contributed by atoms with Crippen LogP contribution in [0.15, 0.2) is 12.3 Å². The average molecular weight is 201 g/mol. The predicted octanol–water partition coefficient (Wildman–Crippen LogP) is -1.81. The summed E-state index contributed by atoms with van der Waals surface area (Å²) in [4.78, 5) is 21.6. The van der Waals surface area contributed by atoms with Gasteiger partial charge in [-0.15, -0.1) is 0 Å². The van der Waals surface area contributed by atoms with Crippen molar-refractivity contribution >= 4 is 11.9 Å². The third-order valence-corrected chi connectivity index (χ3v) is 1.66. The van der Waals surface area contributed by atoms with E-state index in [-0.39, 0.29) is 0 Å². The molecule has 78 valence electrons. The number of aliphatic hydroxyl groups excluding tert-OH is 1. The number of hydrogen-bond acceptors (Lipinski definition) is 5. The van der Waals surface area contributed by atoms with Gasteiger partial charge < -0.3 is 15.5 Å². The first-order valence-corrected chi connectivity index (χ1v) is 3.95. The predicted molar refractivity (Wildman–Crippen MR) is 45.4 cm³/mol. The van der Waals surface area contributed by atoms with E-state index >= 15 is 0 Å². The fourth-order valence-electron chi connectivity index (χ4n) is 0.879. The second-order valence-corrected chi connectivity index (χ2v) is 2.77. The summed E-state index contributed by atoms with van der Waals surface area (Å²) in [7, 11) is 0. The standard InChI is InChI=1S/C7H11N3O4/c1-4(6(12)13)9-10-5(11)2-3-8-7(10)14/h2-4,7-9,14H,1H3,(H,12,13)/t4-,7?/m0/s1. The highest BCUT2D eigenvalue weighted by Gasteiger charge is 2.25. The summed E-state index contributed by atoms with van der Waals surface area (Å²) < 4.78 is 0. The smallest absolute Gasteiger partial charge is 0.322 e. The molecular weight excluding hydrogens is 190 g/mol. The van der Waals surface area contributed by atoms with Gasteiger partial charge in [-0.1, -0.05) is 0 Å². The maximum atomic E-state index is 11.1. The number of aliphatic hydroxyl groups is 1. The van der Waals surface area contributed by atoms with Gasteiger partial charge in [-0.25, -0.2) is 10.4 Å². The number of nitrogens with one attached hydrogen (secondary N) is 2. The van der Waals surface area contributed by atoms with Gasteiger partial charge in [-0.05, 0) is 6.92 Å². The van der Waals surface area contributed by atoms with Crippen LogP contribution in [0, 0.1) is 0 Å². The molecule has 4 N–H and O–H groups in total. The Morgan fingerprint density at radius 3 is 2.93 bits per heavy atom. The van der Waals surface area contributed by atoms with Crippen LogP contribution in [0.25, 0.3) is 0 Å². The van der Waals surface area contributed by atoms with E-state index in [9.17, 15) is 14.7 Å². The van der Waals surface area contributed by atoms with E-state index in [1.165, 1.54) is 19.2 Å². The van der Waals surface area contributed by atoms with Crippen LogP contribution >= 0.6 is 0 Å². The fraction of sp³-hybridized carbons (Fsp3) is 0.429. The summed E-state index contributed by atoms with van der Waals surface area (Å²) in [5.74, 6) is -1.62. The molecule has 0 spiro atoms. The number of aliphatic carboxylic acids is 1. The van der Waals surface area contributed by atoms with Crippen molar-refractivity contribution in [2.75, 3.05) is 0 Å². The van der Waals surface area contributed by atoms with Gasteiger partial charge in [0, 0.05) is 12.3 Å². The van der Waals surface area contributed by atoms with E-state index in [2.05, 4.69) is 10.7 Å². The molecular formula is C7H11N3O4. The first kappa shape index (κ1) is 10.5. The van der Waals surface area contributed by atoms with Crippen molar-refractivity contribution < 1.29 is 19.8 Å². The number of carboxylic acid groups (broad SMARTS) is 1. The molecule has 2 atom stereocenters. The molecule has 1 aliphatic heterocycles. The third-order valence-electron chi connectivity index (χ3n) is 1.66. The minimum atomic E-state index is -1.26. The lowest BCUT2D eigenvalue weighted by Gasteiger charge is -2.31. The monoisotopic (exact) mass is 201 g/mol. The number of carboxylic acids is 1. The number of hydrogen-bond donors (Lipinski definition) is 4. The Bertz CT molecular complexity index is 278. The van der Waals surface area contributed by atoms with Gasteiger partial charge in [-0.3, -0.25) is 9.59 Å². The molecule has 0 bridgehead atoms. The number of rotatable bonds is 3. The Morgan fingerprint density at radius 2 is 2.43 bits per heavy atom. The van der Waals surface area contributed by atoms with E-state index in [0.29, 0.717) is 0 Å². The van der Waals surface area contributed by atoms with Crippen molar-refractivity contribution in [3.05, 3.63) is 12.3 Å². The maximum absolute atomic E-state index is 11.1. The van der Waals surface area contributed by atoms with Crippen molar-refractivity contribution in [2.45, 2.75) is 19.3 Å². The molecule has 0 aromatic carbocycles. The third kappa shape index (κ3) is 2.21. The van der Waals surface area contributed by atoms with E-state index in [1.807, 2.05) is 0 Å². The van der Waals surface area contributed by atoms with Gasteiger partial charge in [0.2, 0.25) is 6.35 Å². The van der Waals surface area contributed by atoms with Crippen LogP contribution in [0.4, 0.5) is 0 Å². The Kier molecular flexibility index (Phi) is 3.05. The van der Waals surface area contributed by atoms with E-state index < -0.39 is 24.3 Å². The number of carbonyl (C=O) groups excluding carboxylic acids is 1. The molecule has 7 heteroatoms. The molecule has 1 amide bonds. The van der Waals surface area contributed by atoms with Crippen molar-refractivity contribution in [1.82, 2.24) is 15.8 Å². The molecule has 14 heavy (non-hydrogen) atoms. The average Bonchev–Trinajstić information content (AvgIpc) is 2.11. The summed E-state index contributed by atoms with van der Waals surface area (Å²) >= 11 is 0. The van der Waals surface area contributed by atoms with Crippen LogP contribution in [0.2, 0.25) is 0 Å². The molecule has 0 aromatic rings. The normalized spacial score (nSPS) is 23.1. The van der Waals surface area contributed by atoms with E-state index in [1.54, 1.807) is 0 Å². The van der Waals surface area contributed by atoms with Crippen molar-refractivity contribution in [1.29, 1.82) is 0 Å². The number of carbonyl (C=O) groups is 2. The second kappa shape index (κ2) is 4.07. The van der Waals surface area contributed by atoms with Crippen LogP contribution in [0.1, 0.15) is 6.92 Å². The zero-order valence-corrected chi connectivity index (χ0v) is 7.47. The molecule has 1 heterocycles. The molecule has 0 fully saturated rings. The van der Waals surface area contributed by atoms with Crippen molar-refractivity contribution in [3.63, 3.8) is 0 Å². The van der Waals surface area contributed by atoms with Gasteiger partial charge in [0.15, 0.2) is 0 Å². The van der Waals surface area contributed by atoms with Gasteiger partial charge >= 0.3 is 5.97 Å². The van der Waals surface area contributed by atoms with Crippen molar-refractivity contribution in [3.8, 4) is 0 Å². The highest BCUT2D eigenvalue weighted by molar-refractivity contribution is 5.88. The zero-order valence-electron chi connectivity index (χ0n) is 7.47. The summed E-state index contributed by atoms with van der Waals surface area (Å²) in [5, 5.41) is 21.1. The van der Waals surface area contributed by atoms with Crippen LogP contribution in [0.3, 0.4) is 0 Å². The summed E-state index contributed by atoms with van der Waals surface area (Å²) in [6, 6.07) is -0.957. The Hall–Kier alpha value is -1.60. The van der Waals surface area contributed by atoms with Gasteiger partial charge in [0.1, 0.15) is 6.04 Å². The summed E-state index contributed by atoms with van der Waals surface area (Å²) in [6.45, 7) is 1.36. The van der Waals surface area contributed by atoms with Crippen LogP contribution < -0.4 is 10.7 Å². The molecule has 0 saturated carbocycles. The maximum Gasteiger partial charge on any atom is 0.322 e. The van der Waals surface area contributed by atoms with E-state index in [4.69, 9.17) is 5.11 Å². The van der Waals surface area contributed by atoms with Crippen LogP contribution in [-0.4, -0.2) is 39.5 Å². The fourth-order valence-corrected chi connectivity index (χ4v) is 0.879. The largest absolute Gasteiger partial charge is 0.480 e. The SMILES string of the molecule is C[C@H](NN1C(=O)C=CNC1O)C(=O)O. The number of nitrogens with zero attached hydrogens (tertiary/aromatic N) is 1. The molecule has 0 aromatic heterocycles. The Balaban J connectivity index is 2.62. The van der Waals surface area contributed by atoms with Crippen LogP contribution in [-0.2, 0) is 9.59 Å². The molecule has 0 saturated heterocycles. The minimum Gasteiger partial charge on any atom is -0.480 e. The highest BCUT2D eigenvalue weighted by Crippen LogP contribution is 1.99. The number of hydrazine groups is 1. The Labute approximate surface area is 80.0 Å². The zero-order chi connectivity index (χ0) is 10.7. The van der Waals surface area contributed by atoms with Gasteiger partial charge in [0.05, 0.1) is 0 Å². The summed E-state index contributed by atoms with van der Waals surface area (Å²) in [6.07, 6.45) is 1.21. The molecule has 1 aliphatic rings. The van der Waals surface area contributed by atoms with Gasteiger partial charge in [-0.2, -0.15) is 0 Å². The molecule has 1 unspecified atom stereocenters. The second-order valence-electron chi connectivity index (χ2n) is 2.77. The highest BCUT2D eigenvalue weighted by atomic mass is 16.4. The van der Waals surface area contributed by atoms with E-state index in [0.717, 1.165) is 5.01 Å². The lowest BCUT2D eigenvalue weighted by molar-refractivity contribution is -0.152. The molecule has 1 rings (SSSR count). The quantitative estimate of drug-likeness (QED) is 0.429. The lowest BCUT2D eigenvalue weighted by atomic mass is 10.3. The lowest BCUT2D eigenvalue weighted by Crippen LogP contribution is -2.59. The molecule has 7 nitrogen and oxygen atoms in total. The van der Waals surface area contributed by atoms with Crippen molar-refractivity contribution in [2.24, 2.45) is 0 Å². The first-order valence-electron chi connectivity index (χ1n) is 3.95. The first-order chi connectivity index (χ1) is 6.52. The molecule has 0 radical (unpaired) electrons. The minimum absolute atomic E-state index is 0.510.